The van der Waals surface area contributed by atoms with E-state index in [1.54, 1.807) is 0 Å². The third-order valence-corrected chi connectivity index (χ3v) is 10.4. The van der Waals surface area contributed by atoms with Crippen LogP contribution in [0.15, 0.2) is 146 Å². The maximum absolute atomic E-state index is 6.41. The zero-order valence-corrected chi connectivity index (χ0v) is 25.8. The van der Waals surface area contributed by atoms with Gasteiger partial charge < -0.3 is 4.74 Å². The van der Waals surface area contributed by atoms with Crippen LogP contribution in [0.25, 0.3) is 76.8 Å². The monoisotopic (exact) mass is 586 g/mol. The number of ether oxygens (including phenoxy) is 1. The van der Waals surface area contributed by atoms with Crippen LogP contribution in [0.3, 0.4) is 0 Å². The molecular formula is C45H30O. The Kier molecular flexibility index (Phi) is 5.12. The molecule has 1 nitrogen and oxygen atoms in total. The summed E-state index contributed by atoms with van der Waals surface area (Å²) in [7, 11) is 0. The fourth-order valence-electron chi connectivity index (χ4n) is 8.29. The summed E-state index contributed by atoms with van der Waals surface area (Å²) in [6.07, 6.45) is 0. The first-order chi connectivity index (χ1) is 22.6. The van der Waals surface area contributed by atoms with Crippen molar-refractivity contribution in [1.82, 2.24) is 0 Å². The Labute approximate surface area is 268 Å². The molecule has 0 spiro atoms. The predicted molar refractivity (Wildman–Crippen MR) is 193 cm³/mol. The second-order valence-electron chi connectivity index (χ2n) is 13.3. The average Bonchev–Trinajstić information content (AvgIpc) is 3.33. The molecule has 1 aliphatic carbocycles. The number of hydrogen-bond acceptors (Lipinski definition) is 1. The van der Waals surface area contributed by atoms with Gasteiger partial charge in [0.2, 0.25) is 0 Å². The van der Waals surface area contributed by atoms with Gasteiger partial charge >= 0.3 is 0 Å². The minimum atomic E-state index is -0.178. The summed E-state index contributed by atoms with van der Waals surface area (Å²) in [6, 6.07) is 53.4. The van der Waals surface area contributed by atoms with E-state index in [-0.39, 0.29) is 5.41 Å². The van der Waals surface area contributed by atoms with Crippen LogP contribution in [0.1, 0.15) is 25.0 Å². The highest BCUT2D eigenvalue weighted by molar-refractivity contribution is 6.10. The Hall–Kier alpha value is -5.66. The Bertz CT molecular complexity index is 2570. The SMILES string of the molecule is CC1(C)c2cc(-c3ccc4c(c3)-c3cccc5cccc(c35)O4)ccc2-c2ccc3cccc(-c4cccc5ccccc45)c3c21. The number of hydrogen-bond donors (Lipinski definition) is 0. The largest absolute Gasteiger partial charge is 0.456 e. The van der Waals surface area contributed by atoms with E-state index < -0.39 is 0 Å². The lowest BCUT2D eigenvalue weighted by atomic mass is 9.78. The molecule has 0 amide bonds. The van der Waals surface area contributed by atoms with Crippen molar-refractivity contribution in [3.05, 3.63) is 157 Å². The highest BCUT2D eigenvalue weighted by Crippen LogP contribution is 2.54. The third-order valence-electron chi connectivity index (χ3n) is 10.4. The van der Waals surface area contributed by atoms with Crippen LogP contribution in [0.5, 0.6) is 11.5 Å². The van der Waals surface area contributed by atoms with Crippen molar-refractivity contribution in [3.63, 3.8) is 0 Å². The van der Waals surface area contributed by atoms with Gasteiger partial charge in [0, 0.05) is 16.4 Å². The van der Waals surface area contributed by atoms with Gasteiger partial charge in [0.25, 0.3) is 0 Å². The first-order valence-electron chi connectivity index (χ1n) is 16.1. The normalized spacial score (nSPS) is 13.8. The van der Waals surface area contributed by atoms with Gasteiger partial charge in [-0.05, 0) is 101 Å². The molecule has 0 aromatic heterocycles. The molecule has 10 rings (SSSR count). The standard InChI is InChI=1S/C45H30O/c1-45(2)39-26-31(30-21-24-40-38(25-30)36-17-6-11-28-13-8-18-41(46-40)42(28)36)20-22-34(39)37-23-19-29-12-7-16-35(43(29)44(37)45)33-15-5-10-27-9-3-4-14-32(27)33/h3-26H,1-2H3. The van der Waals surface area contributed by atoms with Crippen molar-refractivity contribution >= 4 is 32.3 Å². The van der Waals surface area contributed by atoms with Crippen LogP contribution < -0.4 is 4.74 Å². The molecule has 0 N–H and O–H groups in total. The summed E-state index contributed by atoms with van der Waals surface area (Å²) >= 11 is 0. The first kappa shape index (κ1) is 25.6. The summed E-state index contributed by atoms with van der Waals surface area (Å²) in [6.45, 7) is 4.80. The molecule has 1 aliphatic heterocycles. The lowest BCUT2D eigenvalue weighted by Gasteiger charge is -2.25. The molecule has 216 valence electrons. The highest BCUT2D eigenvalue weighted by atomic mass is 16.5. The average molecular weight is 587 g/mol. The van der Waals surface area contributed by atoms with Gasteiger partial charge in [0.15, 0.2) is 0 Å². The zero-order chi connectivity index (χ0) is 30.6. The predicted octanol–water partition coefficient (Wildman–Crippen LogP) is 12.6. The quantitative estimate of drug-likeness (QED) is 0.196. The third kappa shape index (κ3) is 3.46. The van der Waals surface area contributed by atoms with E-state index in [0.717, 1.165) is 17.1 Å². The topological polar surface area (TPSA) is 9.23 Å². The van der Waals surface area contributed by atoms with Crippen LogP contribution in [0.2, 0.25) is 0 Å². The molecule has 0 fully saturated rings. The zero-order valence-electron chi connectivity index (χ0n) is 25.8. The summed E-state index contributed by atoms with van der Waals surface area (Å²) in [4.78, 5) is 0. The minimum absolute atomic E-state index is 0.178. The minimum Gasteiger partial charge on any atom is -0.456 e. The number of rotatable bonds is 2. The van der Waals surface area contributed by atoms with Crippen LogP contribution in [0.4, 0.5) is 0 Å². The van der Waals surface area contributed by atoms with Gasteiger partial charge in [-0.1, -0.05) is 135 Å². The van der Waals surface area contributed by atoms with E-state index in [4.69, 9.17) is 4.74 Å². The first-order valence-corrected chi connectivity index (χ1v) is 16.1. The Morgan fingerprint density at radius 3 is 1.89 bits per heavy atom. The van der Waals surface area contributed by atoms with Crippen molar-refractivity contribution in [2.24, 2.45) is 0 Å². The molecule has 46 heavy (non-hydrogen) atoms. The molecule has 0 atom stereocenters. The van der Waals surface area contributed by atoms with E-state index in [0.29, 0.717) is 0 Å². The summed E-state index contributed by atoms with van der Waals surface area (Å²) in [5.41, 5.74) is 12.7. The van der Waals surface area contributed by atoms with Gasteiger partial charge in [0.1, 0.15) is 11.5 Å². The Morgan fingerprint density at radius 1 is 0.413 bits per heavy atom. The van der Waals surface area contributed by atoms with E-state index in [2.05, 4.69) is 159 Å². The summed E-state index contributed by atoms with van der Waals surface area (Å²) in [5.74, 6) is 1.84. The van der Waals surface area contributed by atoms with Gasteiger partial charge in [0.05, 0.1) is 0 Å². The van der Waals surface area contributed by atoms with Crippen molar-refractivity contribution in [2.75, 3.05) is 0 Å². The van der Waals surface area contributed by atoms with Crippen molar-refractivity contribution in [3.8, 4) is 56.0 Å². The Morgan fingerprint density at radius 2 is 1.04 bits per heavy atom. The molecule has 0 radical (unpaired) electrons. The summed E-state index contributed by atoms with van der Waals surface area (Å²) < 4.78 is 6.41. The molecule has 2 aliphatic rings. The van der Waals surface area contributed by atoms with Crippen LogP contribution in [-0.2, 0) is 5.41 Å². The van der Waals surface area contributed by atoms with E-state index in [1.807, 2.05) is 0 Å². The van der Waals surface area contributed by atoms with E-state index in [9.17, 15) is 0 Å². The van der Waals surface area contributed by atoms with Crippen molar-refractivity contribution in [1.29, 1.82) is 0 Å². The maximum Gasteiger partial charge on any atom is 0.135 e. The molecular weight excluding hydrogens is 556 g/mol. The number of fused-ring (bicyclic) bond motifs is 8. The fourth-order valence-corrected chi connectivity index (χ4v) is 8.29. The Balaban J connectivity index is 1.15. The molecule has 0 unspecified atom stereocenters. The van der Waals surface area contributed by atoms with Gasteiger partial charge in [-0.25, -0.2) is 0 Å². The second-order valence-corrected chi connectivity index (χ2v) is 13.3. The molecule has 0 saturated heterocycles. The van der Waals surface area contributed by atoms with Crippen molar-refractivity contribution in [2.45, 2.75) is 19.3 Å². The fraction of sp³-hybridized carbons (Fsp3) is 0.0667. The van der Waals surface area contributed by atoms with Crippen LogP contribution in [0, 0.1) is 0 Å². The summed E-state index contributed by atoms with van der Waals surface area (Å²) in [5, 5.41) is 7.60. The van der Waals surface area contributed by atoms with Crippen molar-refractivity contribution < 1.29 is 4.74 Å². The molecule has 8 aromatic carbocycles. The van der Waals surface area contributed by atoms with Gasteiger partial charge in [-0.2, -0.15) is 0 Å². The lowest BCUT2D eigenvalue weighted by molar-refractivity contribution is 0.487. The second kappa shape index (κ2) is 9.19. The van der Waals surface area contributed by atoms with E-state index in [1.165, 1.54) is 82.4 Å². The molecule has 1 heteroatoms. The smallest absolute Gasteiger partial charge is 0.135 e. The highest BCUT2D eigenvalue weighted by Gasteiger charge is 2.38. The molecule has 0 bridgehead atoms. The molecule has 1 heterocycles. The maximum atomic E-state index is 6.41. The molecule has 0 saturated carbocycles. The van der Waals surface area contributed by atoms with Gasteiger partial charge in [-0.15, -0.1) is 0 Å². The van der Waals surface area contributed by atoms with Gasteiger partial charge in [-0.3, -0.25) is 0 Å². The van der Waals surface area contributed by atoms with Crippen LogP contribution >= 0.6 is 0 Å². The van der Waals surface area contributed by atoms with Crippen LogP contribution in [-0.4, -0.2) is 0 Å². The lowest BCUT2D eigenvalue weighted by Crippen LogP contribution is -2.16. The number of benzene rings is 8. The molecule has 8 aromatic rings. The van der Waals surface area contributed by atoms with E-state index >= 15 is 0 Å².